The fourth-order valence-electron chi connectivity index (χ4n) is 1.98. The first-order valence-electron chi connectivity index (χ1n) is 5.94. The van der Waals surface area contributed by atoms with Gasteiger partial charge in [-0.3, -0.25) is 4.79 Å². The molecule has 0 spiro atoms. The van der Waals surface area contributed by atoms with Crippen molar-refractivity contribution >= 4 is 16.8 Å². The van der Waals surface area contributed by atoms with Crippen LogP contribution in [-0.2, 0) is 13.5 Å². The van der Waals surface area contributed by atoms with Crippen LogP contribution >= 0.6 is 0 Å². The highest BCUT2D eigenvalue weighted by Gasteiger charge is 2.10. The maximum absolute atomic E-state index is 12.1. The number of aryl methyl sites for hydroxylation is 1. The normalized spacial score (nSPS) is 10.8. The van der Waals surface area contributed by atoms with E-state index in [0.717, 1.165) is 11.0 Å². The van der Waals surface area contributed by atoms with E-state index in [1.807, 2.05) is 23.7 Å². The van der Waals surface area contributed by atoms with Gasteiger partial charge in [-0.1, -0.05) is 0 Å². The maximum Gasteiger partial charge on any atom is 0.170 e. The van der Waals surface area contributed by atoms with Gasteiger partial charge in [-0.05, 0) is 24.3 Å². The molecule has 5 nitrogen and oxygen atoms in total. The summed E-state index contributed by atoms with van der Waals surface area (Å²) < 4.78 is 1.92. The third kappa shape index (κ3) is 2.22. The van der Waals surface area contributed by atoms with Gasteiger partial charge in [-0.25, -0.2) is 15.0 Å². The topological polar surface area (TPSA) is 60.7 Å². The van der Waals surface area contributed by atoms with Crippen LogP contribution in [-0.4, -0.2) is 25.3 Å². The number of aromatic nitrogens is 4. The van der Waals surface area contributed by atoms with Crippen LogP contribution in [0, 0.1) is 0 Å². The van der Waals surface area contributed by atoms with E-state index in [-0.39, 0.29) is 12.2 Å². The molecular weight excluding hydrogens is 240 g/mol. The van der Waals surface area contributed by atoms with E-state index in [2.05, 4.69) is 15.0 Å². The van der Waals surface area contributed by atoms with Crippen LogP contribution in [0.1, 0.15) is 16.2 Å². The van der Waals surface area contributed by atoms with Gasteiger partial charge in [0.15, 0.2) is 5.78 Å². The van der Waals surface area contributed by atoms with Crippen molar-refractivity contribution in [1.82, 2.24) is 19.5 Å². The molecule has 19 heavy (non-hydrogen) atoms. The Morgan fingerprint density at radius 2 is 2.00 bits per heavy atom. The molecule has 2 heterocycles. The maximum atomic E-state index is 12.1. The van der Waals surface area contributed by atoms with Gasteiger partial charge in [-0.15, -0.1) is 0 Å². The highest BCUT2D eigenvalue weighted by atomic mass is 16.1. The number of nitrogens with zero attached hydrogens (tertiary/aromatic N) is 4. The second kappa shape index (κ2) is 4.61. The Hall–Kier alpha value is -2.56. The van der Waals surface area contributed by atoms with Crippen molar-refractivity contribution in [3.05, 3.63) is 54.4 Å². The second-order valence-corrected chi connectivity index (χ2v) is 4.32. The van der Waals surface area contributed by atoms with E-state index < -0.39 is 0 Å². The lowest BCUT2D eigenvalue weighted by Crippen LogP contribution is -2.06. The lowest BCUT2D eigenvalue weighted by atomic mass is 10.1. The number of hydrogen-bond acceptors (Lipinski definition) is 4. The summed E-state index contributed by atoms with van der Waals surface area (Å²) >= 11 is 0. The van der Waals surface area contributed by atoms with Crippen molar-refractivity contribution in [3.8, 4) is 0 Å². The van der Waals surface area contributed by atoms with Gasteiger partial charge in [0, 0.05) is 25.0 Å². The summed E-state index contributed by atoms with van der Waals surface area (Å²) in [7, 11) is 1.93. The number of Topliss-reactive ketones (excluding diaryl/α,β-unsaturated/α-hetero) is 1. The minimum Gasteiger partial charge on any atom is -0.334 e. The van der Waals surface area contributed by atoms with Crippen LogP contribution in [0.4, 0.5) is 0 Å². The fraction of sp³-hybridized carbons (Fsp3) is 0.143. The van der Waals surface area contributed by atoms with Gasteiger partial charge in [-0.2, -0.15) is 0 Å². The fourth-order valence-corrected chi connectivity index (χ4v) is 1.98. The minimum atomic E-state index is -0.00115. The molecule has 94 valence electrons. The summed E-state index contributed by atoms with van der Waals surface area (Å²) in [4.78, 5) is 24.5. The van der Waals surface area contributed by atoms with Crippen molar-refractivity contribution in [2.45, 2.75) is 6.42 Å². The quantitative estimate of drug-likeness (QED) is 0.667. The smallest absolute Gasteiger partial charge is 0.170 e. The van der Waals surface area contributed by atoms with E-state index in [4.69, 9.17) is 0 Å². The summed E-state index contributed by atoms with van der Waals surface area (Å²) in [6.45, 7) is 0. The van der Waals surface area contributed by atoms with Gasteiger partial charge in [0.1, 0.15) is 5.82 Å². The van der Waals surface area contributed by atoms with Crippen LogP contribution in [0.15, 0.2) is 43.0 Å². The number of rotatable bonds is 3. The molecule has 0 aliphatic heterocycles. The van der Waals surface area contributed by atoms with Crippen LogP contribution in [0.3, 0.4) is 0 Å². The number of fused-ring (bicyclic) bond motifs is 1. The Bertz CT molecular complexity index is 734. The molecule has 0 fully saturated rings. The van der Waals surface area contributed by atoms with E-state index in [9.17, 15) is 4.79 Å². The molecule has 0 N–H and O–H groups in total. The predicted octanol–water partition coefficient (Wildman–Crippen LogP) is 1.79. The molecule has 5 heteroatoms. The summed E-state index contributed by atoms with van der Waals surface area (Å²) in [5, 5.41) is 0. The largest absolute Gasteiger partial charge is 0.334 e. The van der Waals surface area contributed by atoms with Crippen LogP contribution < -0.4 is 0 Å². The SMILES string of the molecule is Cn1cnc2cc(C(=O)Cc3ncccn3)ccc21. The molecule has 0 unspecified atom stereocenters. The lowest BCUT2D eigenvalue weighted by Gasteiger charge is -2.01. The molecular formula is C14H12N4O. The van der Waals surface area contributed by atoms with Crippen molar-refractivity contribution in [3.63, 3.8) is 0 Å². The van der Waals surface area contributed by atoms with Crippen molar-refractivity contribution < 1.29 is 4.79 Å². The molecule has 3 rings (SSSR count). The zero-order valence-electron chi connectivity index (χ0n) is 10.4. The van der Waals surface area contributed by atoms with Crippen molar-refractivity contribution in [2.75, 3.05) is 0 Å². The molecule has 3 aromatic rings. The van der Waals surface area contributed by atoms with Gasteiger partial charge < -0.3 is 4.57 Å². The zero-order chi connectivity index (χ0) is 13.2. The molecule has 0 saturated heterocycles. The Balaban J connectivity index is 1.89. The lowest BCUT2D eigenvalue weighted by molar-refractivity contribution is 0.0991. The van der Waals surface area contributed by atoms with Crippen LogP contribution in [0.2, 0.25) is 0 Å². The Morgan fingerprint density at radius 3 is 2.79 bits per heavy atom. The van der Waals surface area contributed by atoms with Gasteiger partial charge in [0.05, 0.1) is 23.8 Å². The third-order valence-electron chi connectivity index (χ3n) is 2.99. The van der Waals surface area contributed by atoms with E-state index in [0.29, 0.717) is 11.4 Å². The number of imidazole rings is 1. The summed E-state index contributed by atoms with van der Waals surface area (Å²) in [6.07, 6.45) is 5.22. The molecule has 0 aliphatic rings. The summed E-state index contributed by atoms with van der Waals surface area (Å²) in [5.74, 6) is 0.535. The molecule has 0 saturated carbocycles. The van der Waals surface area contributed by atoms with Gasteiger partial charge in [0.25, 0.3) is 0 Å². The second-order valence-electron chi connectivity index (χ2n) is 4.32. The first-order valence-corrected chi connectivity index (χ1v) is 5.94. The summed E-state index contributed by atoms with van der Waals surface area (Å²) in [5.41, 5.74) is 2.47. The average molecular weight is 252 g/mol. The van der Waals surface area contributed by atoms with Crippen LogP contribution in [0.25, 0.3) is 11.0 Å². The Morgan fingerprint density at radius 1 is 1.21 bits per heavy atom. The minimum absolute atomic E-state index is 0.00115. The van der Waals surface area contributed by atoms with E-state index in [1.165, 1.54) is 0 Å². The van der Waals surface area contributed by atoms with Gasteiger partial charge in [0.2, 0.25) is 0 Å². The zero-order valence-corrected chi connectivity index (χ0v) is 10.4. The van der Waals surface area contributed by atoms with E-state index >= 15 is 0 Å². The molecule has 0 amide bonds. The standard InChI is InChI=1S/C14H12N4O/c1-18-9-17-11-7-10(3-4-12(11)18)13(19)8-14-15-5-2-6-16-14/h2-7,9H,8H2,1H3. The summed E-state index contributed by atoms with van der Waals surface area (Å²) in [6, 6.07) is 7.26. The molecule has 0 bridgehead atoms. The number of carbonyl (C=O) groups is 1. The average Bonchev–Trinajstić information content (AvgIpc) is 2.81. The monoisotopic (exact) mass is 252 g/mol. The molecule has 0 radical (unpaired) electrons. The third-order valence-corrected chi connectivity index (χ3v) is 2.99. The van der Waals surface area contributed by atoms with Crippen molar-refractivity contribution in [1.29, 1.82) is 0 Å². The highest BCUT2D eigenvalue weighted by molar-refractivity contribution is 5.99. The molecule has 0 atom stereocenters. The molecule has 0 aliphatic carbocycles. The van der Waals surface area contributed by atoms with Crippen LogP contribution in [0.5, 0.6) is 0 Å². The first-order chi connectivity index (χ1) is 9.24. The van der Waals surface area contributed by atoms with E-state index in [1.54, 1.807) is 30.9 Å². The van der Waals surface area contributed by atoms with Gasteiger partial charge >= 0.3 is 0 Å². The molecule has 2 aromatic heterocycles. The number of ketones is 1. The number of hydrogen-bond donors (Lipinski definition) is 0. The Kier molecular flexibility index (Phi) is 2.79. The first kappa shape index (κ1) is 11.5. The Labute approximate surface area is 110 Å². The number of carbonyl (C=O) groups excluding carboxylic acids is 1. The highest BCUT2D eigenvalue weighted by Crippen LogP contribution is 2.15. The van der Waals surface area contributed by atoms with Crippen molar-refractivity contribution in [2.24, 2.45) is 7.05 Å². The predicted molar refractivity (Wildman–Crippen MR) is 70.8 cm³/mol. The number of benzene rings is 1. The molecule has 1 aromatic carbocycles.